The Morgan fingerprint density at radius 2 is 1.83 bits per heavy atom. The topological polar surface area (TPSA) is 69.8 Å². The summed E-state index contributed by atoms with van der Waals surface area (Å²) in [6.07, 6.45) is 0. The zero-order chi connectivity index (χ0) is 12.5. The van der Waals surface area contributed by atoms with E-state index in [9.17, 15) is 5.11 Å². The quantitative estimate of drug-likeness (QED) is 0.723. The van der Waals surface area contributed by atoms with Crippen LogP contribution in [0.15, 0.2) is 36.4 Å². The van der Waals surface area contributed by atoms with Crippen molar-refractivity contribution in [3.63, 3.8) is 0 Å². The number of hydrogen-bond donors (Lipinski definition) is 1. The third-order valence-electron chi connectivity index (χ3n) is 2.71. The van der Waals surface area contributed by atoms with Gasteiger partial charge in [0.2, 0.25) is 0 Å². The highest BCUT2D eigenvalue weighted by Crippen LogP contribution is 2.35. The molecular weight excluding hydrogens is 246 g/mol. The summed E-state index contributed by atoms with van der Waals surface area (Å²) in [4.78, 5) is 0. The molecule has 0 bridgehead atoms. The van der Waals surface area contributed by atoms with Gasteiger partial charge in [0.1, 0.15) is 16.8 Å². The molecule has 3 aromatic rings. The molecule has 0 atom stereocenters. The van der Waals surface area contributed by atoms with Gasteiger partial charge in [-0.25, -0.2) is 0 Å². The molecule has 86 valence electrons. The van der Waals surface area contributed by atoms with Gasteiger partial charge in [0.25, 0.3) is 0 Å². The summed E-state index contributed by atoms with van der Waals surface area (Å²) in [5.74, 6) is 0.167. The molecule has 1 N–H and O–H groups in total. The van der Waals surface area contributed by atoms with Gasteiger partial charge >= 0.3 is 0 Å². The van der Waals surface area contributed by atoms with Crippen molar-refractivity contribution in [3.05, 3.63) is 42.0 Å². The van der Waals surface area contributed by atoms with Crippen molar-refractivity contribution < 1.29 is 5.11 Å². The highest BCUT2D eigenvalue weighted by atomic mass is 32.1. The van der Waals surface area contributed by atoms with E-state index in [1.165, 1.54) is 0 Å². The Labute approximate surface area is 107 Å². The molecule has 4 nitrogen and oxygen atoms in total. The highest BCUT2D eigenvalue weighted by Gasteiger charge is 2.12. The Bertz CT molecular complexity index is 756. The SMILES string of the molecule is N#Cc1ccc(-c2c(O)ccc3nsnc23)cc1. The number of rotatable bonds is 1. The van der Waals surface area contributed by atoms with Gasteiger partial charge in [-0.15, -0.1) is 0 Å². The fraction of sp³-hybridized carbons (Fsp3) is 0. The van der Waals surface area contributed by atoms with Crippen LogP contribution in [0.1, 0.15) is 5.56 Å². The number of phenols is 1. The summed E-state index contributed by atoms with van der Waals surface area (Å²) in [5.41, 5.74) is 3.51. The highest BCUT2D eigenvalue weighted by molar-refractivity contribution is 7.00. The van der Waals surface area contributed by atoms with Crippen molar-refractivity contribution in [1.29, 1.82) is 5.26 Å². The van der Waals surface area contributed by atoms with E-state index in [4.69, 9.17) is 5.26 Å². The number of nitriles is 1. The first-order valence-corrected chi connectivity index (χ1v) is 5.97. The zero-order valence-corrected chi connectivity index (χ0v) is 9.98. The number of hydrogen-bond acceptors (Lipinski definition) is 5. The molecule has 0 aliphatic carbocycles. The van der Waals surface area contributed by atoms with Gasteiger partial charge in [0, 0.05) is 0 Å². The average molecular weight is 253 g/mol. The third-order valence-corrected chi connectivity index (χ3v) is 3.25. The Morgan fingerprint density at radius 3 is 2.56 bits per heavy atom. The lowest BCUT2D eigenvalue weighted by molar-refractivity contribution is 0.478. The lowest BCUT2D eigenvalue weighted by Crippen LogP contribution is -1.83. The molecule has 3 rings (SSSR count). The van der Waals surface area contributed by atoms with E-state index >= 15 is 0 Å². The van der Waals surface area contributed by atoms with Gasteiger partial charge in [-0.05, 0) is 29.8 Å². The standard InChI is InChI=1S/C13H7N3OS/c14-7-8-1-3-9(4-2-8)12-11(17)6-5-10-13(12)16-18-15-10/h1-6,17H. The Balaban J connectivity index is 2.27. The van der Waals surface area contributed by atoms with Crippen molar-refractivity contribution in [2.75, 3.05) is 0 Å². The van der Waals surface area contributed by atoms with Crippen molar-refractivity contribution >= 4 is 22.8 Å². The van der Waals surface area contributed by atoms with Gasteiger partial charge < -0.3 is 5.11 Å². The van der Waals surface area contributed by atoms with Crippen LogP contribution in [0.3, 0.4) is 0 Å². The molecule has 0 amide bonds. The van der Waals surface area contributed by atoms with Crippen LogP contribution in [0.25, 0.3) is 22.2 Å². The molecule has 0 aliphatic rings. The van der Waals surface area contributed by atoms with Crippen molar-refractivity contribution in [2.24, 2.45) is 0 Å². The predicted molar refractivity (Wildman–Crippen MR) is 69.2 cm³/mol. The monoisotopic (exact) mass is 253 g/mol. The number of nitrogens with zero attached hydrogens (tertiary/aromatic N) is 3. The number of phenolic OH excluding ortho intramolecular Hbond substituents is 1. The minimum atomic E-state index is 0.167. The molecule has 0 unspecified atom stereocenters. The van der Waals surface area contributed by atoms with Gasteiger partial charge in [0.05, 0.1) is 28.9 Å². The molecule has 1 aromatic heterocycles. The van der Waals surface area contributed by atoms with Crippen molar-refractivity contribution in [1.82, 2.24) is 8.75 Å². The summed E-state index contributed by atoms with van der Waals surface area (Å²) in [7, 11) is 0. The second-order valence-electron chi connectivity index (χ2n) is 3.78. The van der Waals surface area contributed by atoms with Gasteiger partial charge in [-0.3, -0.25) is 0 Å². The molecule has 0 aliphatic heterocycles. The first-order chi connectivity index (χ1) is 8.79. The average Bonchev–Trinajstić information content (AvgIpc) is 2.87. The van der Waals surface area contributed by atoms with Crippen LogP contribution in [-0.2, 0) is 0 Å². The molecule has 0 spiro atoms. The van der Waals surface area contributed by atoms with E-state index in [0.717, 1.165) is 22.8 Å². The van der Waals surface area contributed by atoms with Crippen LogP contribution in [0.2, 0.25) is 0 Å². The van der Waals surface area contributed by atoms with Gasteiger partial charge in [0.15, 0.2) is 0 Å². The van der Waals surface area contributed by atoms with Gasteiger partial charge in [-0.2, -0.15) is 14.0 Å². The van der Waals surface area contributed by atoms with E-state index in [1.807, 2.05) is 0 Å². The van der Waals surface area contributed by atoms with E-state index in [-0.39, 0.29) is 5.75 Å². The number of fused-ring (bicyclic) bond motifs is 1. The molecule has 18 heavy (non-hydrogen) atoms. The second kappa shape index (κ2) is 4.09. The molecule has 0 saturated carbocycles. The molecule has 0 radical (unpaired) electrons. The smallest absolute Gasteiger partial charge is 0.125 e. The zero-order valence-electron chi connectivity index (χ0n) is 9.16. The van der Waals surface area contributed by atoms with Gasteiger partial charge in [-0.1, -0.05) is 12.1 Å². The maximum absolute atomic E-state index is 9.98. The van der Waals surface area contributed by atoms with E-state index < -0.39 is 0 Å². The molecule has 5 heteroatoms. The van der Waals surface area contributed by atoms with Crippen LogP contribution in [-0.4, -0.2) is 13.9 Å². The van der Waals surface area contributed by atoms with E-state index in [2.05, 4.69) is 14.8 Å². The fourth-order valence-electron chi connectivity index (χ4n) is 1.84. The summed E-state index contributed by atoms with van der Waals surface area (Å²) in [6, 6.07) is 12.4. The normalized spacial score (nSPS) is 10.4. The first-order valence-electron chi connectivity index (χ1n) is 5.24. The Hall–Kier alpha value is -2.45. The summed E-state index contributed by atoms with van der Waals surface area (Å²) >= 11 is 1.11. The number of benzene rings is 2. The summed E-state index contributed by atoms with van der Waals surface area (Å²) in [6.45, 7) is 0. The Morgan fingerprint density at radius 1 is 1.06 bits per heavy atom. The minimum absolute atomic E-state index is 0.167. The van der Waals surface area contributed by atoms with Crippen molar-refractivity contribution in [2.45, 2.75) is 0 Å². The number of aromatic hydroxyl groups is 1. The summed E-state index contributed by atoms with van der Waals surface area (Å²) in [5, 5.41) is 18.8. The fourth-order valence-corrected chi connectivity index (χ4v) is 2.38. The number of aromatic nitrogens is 2. The lowest BCUT2D eigenvalue weighted by Gasteiger charge is -2.05. The van der Waals surface area contributed by atoms with Crippen LogP contribution in [0, 0.1) is 11.3 Å². The largest absolute Gasteiger partial charge is 0.507 e. The second-order valence-corrected chi connectivity index (χ2v) is 4.31. The molecule has 0 fully saturated rings. The van der Waals surface area contributed by atoms with Crippen LogP contribution in [0.5, 0.6) is 5.75 Å². The maximum Gasteiger partial charge on any atom is 0.125 e. The van der Waals surface area contributed by atoms with Crippen LogP contribution in [0.4, 0.5) is 0 Å². The van der Waals surface area contributed by atoms with E-state index in [1.54, 1.807) is 36.4 Å². The predicted octanol–water partition coefficient (Wildman–Crippen LogP) is 2.94. The summed E-state index contributed by atoms with van der Waals surface area (Å²) < 4.78 is 8.35. The maximum atomic E-state index is 9.98. The molecule has 0 saturated heterocycles. The van der Waals surface area contributed by atoms with Crippen LogP contribution < -0.4 is 0 Å². The first kappa shape index (κ1) is 10.7. The third kappa shape index (κ3) is 1.60. The van der Waals surface area contributed by atoms with Crippen LogP contribution >= 0.6 is 11.7 Å². The minimum Gasteiger partial charge on any atom is -0.507 e. The van der Waals surface area contributed by atoms with E-state index in [0.29, 0.717) is 16.6 Å². The lowest BCUT2D eigenvalue weighted by atomic mass is 10.0. The molecular formula is C13H7N3OS. The van der Waals surface area contributed by atoms with Crippen molar-refractivity contribution in [3.8, 4) is 22.9 Å². The molecule has 1 heterocycles. The molecule has 2 aromatic carbocycles. The Kier molecular flexibility index (Phi) is 2.43.